The zero-order valence-corrected chi connectivity index (χ0v) is 13.9. The molecule has 0 aliphatic rings. The molecule has 0 heterocycles. The minimum atomic E-state index is -3.09. The van der Waals surface area contributed by atoms with E-state index in [1.807, 2.05) is 0 Å². The summed E-state index contributed by atoms with van der Waals surface area (Å²) in [6.45, 7) is -2.00. The van der Waals surface area contributed by atoms with E-state index in [9.17, 15) is 23.7 Å². The number of alkyl halides is 2. The number of ether oxygens (including phenoxy) is 3. The van der Waals surface area contributed by atoms with E-state index in [1.165, 1.54) is 37.4 Å². The van der Waals surface area contributed by atoms with Gasteiger partial charge in [-0.15, -0.1) is 0 Å². The highest BCUT2D eigenvalue weighted by Gasteiger charge is 2.20. The van der Waals surface area contributed by atoms with E-state index in [0.29, 0.717) is 5.56 Å². The van der Waals surface area contributed by atoms with Crippen molar-refractivity contribution < 1.29 is 32.7 Å². The van der Waals surface area contributed by atoms with Gasteiger partial charge in [-0.3, -0.25) is 14.9 Å². The van der Waals surface area contributed by atoms with Crippen LogP contribution in [0.5, 0.6) is 17.2 Å². The molecule has 2 aromatic carbocycles. The fourth-order valence-corrected chi connectivity index (χ4v) is 2.17. The van der Waals surface area contributed by atoms with E-state index in [0.717, 1.165) is 6.07 Å². The first-order chi connectivity index (χ1) is 12.3. The number of ketones is 1. The molecule has 138 valence electrons. The normalized spacial score (nSPS) is 10.5. The molecule has 0 aliphatic heterocycles. The molecule has 0 spiro atoms. The highest BCUT2D eigenvalue weighted by molar-refractivity contribution is 6.00. The summed E-state index contributed by atoms with van der Waals surface area (Å²) in [5.41, 5.74) is 0.178. The summed E-state index contributed by atoms with van der Waals surface area (Å²) in [7, 11) is 1.35. The summed E-state index contributed by atoms with van der Waals surface area (Å²) in [5.74, 6) is -0.840. The molecule has 2 aromatic rings. The standard InChI is InChI=1S/C17H15F2NO6/c1-10-3-5-15(26-17(18)19)12(7-10)14(21)9-25-16-6-4-11(24-2)8-13(16)20(22)23/h3-8,17H,9H2,1-2H3. The van der Waals surface area contributed by atoms with Crippen molar-refractivity contribution in [2.75, 3.05) is 13.7 Å². The molecule has 0 unspecified atom stereocenters. The van der Waals surface area contributed by atoms with Gasteiger partial charge in [-0.05, 0) is 31.2 Å². The molecule has 0 fully saturated rings. The molecule has 0 aromatic heterocycles. The zero-order chi connectivity index (χ0) is 19.3. The van der Waals surface area contributed by atoms with Crippen LogP contribution in [0.25, 0.3) is 0 Å². The number of nitro groups is 1. The monoisotopic (exact) mass is 367 g/mol. The molecule has 0 saturated heterocycles. The van der Waals surface area contributed by atoms with E-state index in [4.69, 9.17) is 9.47 Å². The minimum Gasteiger partial charge on any atom is -0.496 e. The van der Waals surface area contributed by atoms with E-state index in [-0.39, 0.29) is 28.5 Å². The minimum absolute atomic E-state index is 0.0959. The van der Waals surface area contributed by atoms with Gasteiger partial charge in [0, 0.05) is 0 Å². The maximum atomic E-state index is 12.5. The van der Waals surface area contributed by atoms with E-state index >= 15 is 0 Å². The Labute approximate surface area is 147 Å². The number of nitro benzene ring substituents is 1. The summed E-state index contributed by atoms with van der Waals surface area (Å²) >= 11 is 0. The average molecular weight is 367 g/mol. The van der Waals surface area contributed by atoms with Gasteiger partial charge in [-0.1, -0.05) is 11.6 Å². The number of carbonyl (C=O) groups excluding carboxylic acids is 1. The number of Topliss-reactive ketones (excluding diaryl/α,β-unsaturated/α-hetero) is 1. The fourth-order valence-electron chi connectivity index (χ4n) is 2.17. The highest BCUT2D eigenvalue weighted by atomic mass is 19.3. The van der Waals surface area contributed by atoms with Crippen molar-refractivity contribution in [2.45, 2.75) is 13.5 Å². The SMILES string of the molecule is COc1ccc(OCC(=O)c2cc(C)ccc2OC(F)F)c([N+](=O)[O-])c1. The third-order valence-electron chi connectivity index (χ3n) is 3.37. The number of hydrogen-bond donors (Lipinski definition) is 0. The van der Waals surface area contributed by atoms with Crippen LogP contribution >= 0.6 is 0 Å². The Kier molecular flexibility index (Phi) is 6.05. The molecule has 0 saturated carbocycles. The second kappa shape index (κ2) is 8.24. The van der Waals surface area contributed by atoms with Gasteiger partial charge in [0.05, 0.1) is 23.7 Å². The zero-order valence-electron chi connectivity index (χ0n) is 13.9. The number of rotatable bonds is 8. The number of hydrogen-bond acceptors (Lipinski definition) is 6. The second-order valence-electron chi connectivity index (χ2n) is 5.18. The van der Waals surface area contributed by atoms with Crippen LogP contribution in [0.4, 0.5) is 14.5 Å². The molecule has 0 N–H and O–H groups in total. The van der Waals surface area contributed by atoms with Gasteiger partial charge in [-0.25, -0.2) is 0 Å². The Morgan fingerprint density at radius 3 is 2.50 bits per heavy atom. The Morgan fingerprint density at radius 1 is 1.19 bits per heavy atom. The van der Waals surface area contributed by atoms with Gasteiger partial charge in [0.15, 0.2) is 12.4 Å². The maximum Gasteiger partial charge on any atom is 0.387 e. The molecule has 0 atom stereocenters. The molecule has 0 amide bonds. The van der Waals surface area contributed by atoms with Crippen LogP contribution in [0.1, 0.15) is 15.9 Å². The van der Waals surface area contributed by atoms with Crippen molar-refractivity contribution >= 4 is 11.5 Å². The Bertz CT molecular complexity index is 825. The van der Waals surface area contributed by atoms with E-state index in [1.54, 1.807) is 6.92 Å². The third kappa shape index (κ3) is 4.65. The van der Waals surface area contributed by atoms with Crippen LogP contribution in [0.15, 0.2) is 36.4 Å². The van der Waals surface area contributed by atoms with Gasteiger partial charge < -0.3 is 14.2 Å². The smallest absolute Gasteiger partial charge is 0.387 e. The fraction of sp³-hybridized carbons (Fsp3) is 0.235. The van der Waals surface area contributed by atoms with Crippen LogP contribution in [0.3, 0.4) is 0 Å². The molecule has 0 bridgehead atoms. The largest absolute Gasteiger partial charge is 0.496 e. The van der Waals surface area contributed by atoms with Crippen molar-refractivity contribution in [2.24, 2.45) is 0 Å². The van der Waals surface area contributed by atoms with Gasteiger partial charge in [0.2, 0.25) is 5.78 Å². The highest BCUT2D eigenvalue weighted by Crippen LogP contribution is 2.31. The maximum absolute atomic E-state index is 12.5. The number of carbonyl (C=O) groups is 1. The van der Waals surface area contributed by atoms with Crippen molar-refractivity contribution in [1.29, 1.82) is 0 Å². The lowest BCUT2D eigenvalue weighted by Crippen LogP contribution is -2.15. The van der Waals surface area contributed by atoms with E-state index in [2.05, 4.69) is 4.74 Å². The van der Waals surface area contributed by atoms with Gasteiger partial charge in [-0.2, -0.15) is 8.78 Å². The average Bonchev–Trinajstić information content (AvgIpc) is 2.60. The number of nitrogens with zero attached hydrogens (tertiary/aromatic N) is 1. The molecular weight excluding hydrogens is 352 g/mol. The van der Waals surface area contributed by atoms with Crippen molar-refractivity contribution in [3.63, 3.8) is 0 Å². The summed E-state index contributed by atoms with van der Waals surface area (Å²) in [6, 6.07) is 8.03. The van der Waals surface area contributed by atoms with E-state index < -0.39 is 23.9 Å². The van der Waals surface area contributed by atoms with Gasteiger partial charge in [0.25, 0.3) is 0 Å². The Hall–Kier alpha value is -3.23. The summed E-state index contributed by atoms with van der Waals surface area (Å²) in [5, 5.41) is 11.1. The van der Waals surface area contributed by atoms with Crippen LogP contribution in [-0.4, -0.2) is 31.0 Å². The predicted octanol–water partition coefficient (Wildman–Crippen LogP) is 3.77. The predicted molar refractivity (Wildman–Crippen MR) is 87.3 cm³/mol. The molecule has 0 radical (unpaired) electrons. The topological polar surface area (TPSA) is 87.9 Å². The van der Waals surface area contributed by atoms with Crippen LogP contribution in [0.2, 0.25) is 0 Å². The first-order valence-electron chi connectivity index (χ1n) is 7.35. The lowest BCUT2D eigenvalue weighted by Gasteiger charge is -2.12. The van der Waals surface area contributed by atoms with Gasteiger partial charge in [0.1, 0.15) is 11.5 Å². The molecule has 9 heteroatoms. The summed E-state index contributed by atoms with van der Waals surface area (Å²) in [6.07, 6.45) is 0. The summed E-state index contributed by atoms with van der Waals surface area (Å²) < 4.78 is 39.4. The third-order valence-corrected chi connectivity index (χ3v) is 3.37. The van der Waals surface area contributed by atoms with Crippen molar-refractivity contribution in [3.8, 4) is 17.2 Å². The number of methoxy groups -OCH3 is 1. The number of halogens is 2. The molecule has 7 nitrogen and oxygen atoms in total. The Morgan fingerprint density at radius 2 is 1.88 bits per heavy atom. The van der Waals surface area contributed by atoms with Crippen molar-refractivity contribution in [1.82, 2.24) is 0 Å². The lowest BCUT2D eigenvalue weighted by molar-refractivity contribution is -0.385. The van der Waals surface area contributed by atoms with Crippen LogP contribution in [-0.2, 0) is 0 Å². The Balaban J connectivity index is 2.22. The molecular formula is C17H15F2NO6. The quantitative estimate of drug-likeness (QED) is 0.401. The van der Waals surface area contributed by atoms with Crippen LogP contribution in [0, 0.1) is 17.0 Å². The first kappa shape index (κ1) is 19.1. The first-order valence-corrected chi connectivity index (χ1v) is 7.35. The summed E-state index contributed by atoms with van der Waals surface area (Å²) in [4.78, 5) is 22.8. The van der Waals surface area contributed by atoms with Gasteiger partial charge >= 0.3 is 12.3 Å². The molecule has 0 aliphatic carbocycles. The lowest BCUT2D eigenvalue weighted by atomic mass is 10.1. The molecule has 26 heavy (non-hydrogen) atoms. The molecule has 2 rings (SSSR count). The number of benzene rings is 2. The second-order valence-corrected chi connectivity index (χ2v) is 5.18. The van der Waals surface area contributed by atoms with Crippen LogP contribution < -0.4 is 14.2 Å². The number of aryl methyl sites for hydroxylation is 1. The van der Waals surface area contributed by atoms with Crippen molar-refractivity contribution in [3.05, 3.63) is 57.6 Å².